The highest BCUT2D eigenvalue weighted by Gasteiger charge is 2.25. The molecule has 2 fully saturated rings. The number of nitrogens with one attached hydrogen (secondary N) is 2. The predicted molar refractivity (Wildman–Crippen MR) is 111 cm³/mol. The summed E-state index contributed by atoms with van der Waals surface area (Å²) in [7, 11) is 0. The third kappa shape index (κ3) is 7.99. The average molecular weight is 351 g/mol. The van der Waals surface area contributed by atoms with Crippen LogP contribution in [0.1, 0.15) is 110 Å². The van der Waals surface area contributed by atoms with Crippen molar-refractivity contribution in [3.8, 4) is 0 Å². The fraction of sp³-hybridized carbons (Fsp3) is 1.00. The first kappa shape index (κ1) is 21.2. The van der Waals surface area contributed by atoms with Crippen molar-refractivity contribution in [3.05, 3.63) is 0 Å². The van der Waals surface area contributed by atoms with Crippen LogP contribution >= 0.6 is 0 Å². The Labute approximate surface area is 158 Å². The molecule has 0 bridgehead atoms. The van der Waals surface area contributed by atoms with Gasteiger partial charge in [-0.3, -0.25) is 0 Å². The molecule has 25 heavy (non-hydrogen) atoms. The van der Waals surface area contributed by atoms with E-state index in [2.05, 4.69) is 24.5 Å². The molecular formula is C23H46N2. The summed E-state index contributed by atoms with van der Waals surface area (Å²) < 4.78 is 0. The Bertz CT molecular complexity index is 287. The summed E-state index contributed by atoms with van der Waals surface area (Å²) in [4.78, 5) is 0. The zero-order valence-corrected chi connectivity index (χ0v) is 17.3. The van der Waals surface area contributed by atoms with Crippen molar-refractivity contribution >= 4 is 0 Å². The van der Waals surface area contributed by atoms with Gasteiger partial charge in [0.2, 0.25) is 0 Å². The molecule has 4 unspecified atom stereocenters. The Morgan fingerprint density at radius 1 is 0.600 bits per heavy atom. The van der Waals surface area contributed by atoms with Crippen LogP contribution in [0, 0.1) is 11.8 Å². The fourth-order valence-electron chi connectivity index (χ4n) is 5.24. The van der Waals surface area contributed by atoms with Crippen molar-refractivity contribution in [2.45, 2.75) is 122 Å². The maximum absolute atomic E-state index is 3.92. The maximum atomic E-state index is 3.92. The largest absolute Gasteiger partial charge is 0.314 e. The quantitative estimate of drug-likeness (QED) is 0.418. The molecule has 0 aromatic heterocycles. The molecule has 148 valence electrons. The van der Waals surface area contributed by atoms with Crippen LogP contribution in [0.5, 0.6) is 0 Å². The predicted octanol–water partition coefficient (Wildman–Crippen LogP) is 6.05. The van der Waals surface area contributed by atoms with Gasteiger partial charge in [0, 0.05) is 12.1 Å². The fourth-order valence-corrected chi connectivity index (χ4v) is 5.24. The summed E-state index contributed by atoms with van der Waals surface area (Å²) >= 11 is 0. The zero-order chi connectivity index (χ0) is 17.7. The third-order valence-electron chi connectivity index (χ3n) is 6.84. The summed E-state index contributed by atoms with van der Waals surface area (Å²) in [5.74, 6) is 1.91. The van der Waals surface area contributed by atoms with E-state index in [1.807, 2.05) is 0 Å². The molecule has 4 atom stereocenters. The van der Waals surface area contributed by atoms with Gasteiger partial charge in [0.25, 0.3) is 0 Å². The van der Waals surface area contributed by atoms with Gasteiger partial charge in [0.05, 0.1) is 0 Å². The molecule has 2 N–H and O–H groups in total. The van der Waals surface area contributed by atoms with Crippen LogP contribution in [0.4, 0.5) is 0 Å². The van der Waals surface area contributed by atoms with E-state index >= 15 is 0 Å². The Morgan fingerprint density at radius 2 is 1.04 bits per heavy atom. The van der Waals surface area contributed by atoms with Gasteiger partial charge in [-0.05, 0) is 69.9 Å². The molecule has 0 spiro atoms. The molecule has 0 amide bonds. The lowest BCUT2D eigenvalue weighted by Crippen LogP contribution is -2.42. The van der Waals surface area contributed by atoms with E-state index in [0.717, 1.165) is 23.9 Å². The van der Waals surface area contributed by atoms with Crippen molar-refractivity contribution in [1.29, 1.82) is 0 Å². The first-order valence-corrected chi connectivity index (χ1v) is 11.8. The summed E-state index contributed by atoms with van der Waals surface area (Å²) in [6, 6.07) is 1.62. The highest BCUT2D eigenvalue weighted by molar-refractivity contribution is 4.82. The lowest BCUT2D eigenvalue weighted by Gasteiger charge is -2.33. The number of unbranched alkanes of at least 4 members (excludes halogenated alkanes) is 2. The smallest absolute Gasteiger partial charge is 0.00953 e. The Morgan fingerprint density at radius 3 is 1.48 bits per heavy atom. The van der Waals surface area contributed by atoms with Crippen LogP contribution in [0.15, 0.2) is 0 Å². The van der Waals surface area contributed by atoms with E-state index < -0.39 is 0 Å². The van der Waals surface area contributed by atoms with Gasteiger partial charge in [-0.25, -0.2) is 0 Å². The Hall–Kier alpha value is -0.0800. The van der Waals surface area contributed by atoms with Crippen molar-refractivity contribution in [1.82, 2.24) is 10.6 Å². The summed E-state index contributed by atoms with van der Waals surface area (Å²) in [5.41, 5.74) is 0. The van der Waals surface area contributed by atoms with Crippen LogP contribution in [0.2, 0.25) is 0 Å². The van der Waals surface area contributed by atoms with Crippen LogP contribution in [-0.2, 0) is 0 Å². The van der Waals surface area contributed by atoms with Crippen molar-refractivity contribution < 1.29 is 0 Å². The van der Waals surface area contributed by atoms with Gasteiger partial charge in [0.1, 0.15) is 0 Å². The van der Waals surface area contributed by atoms with Crippen LogP contribution < -0.4 is 10.6 Å². The summed E-state index contributed by atoms with van der Waals surface area (Å²) in [6.07, 6.45) is 21.4. The molecule has 0 radical (unpaired) electrons. The van der Waals surface area contributed by atoms with Crippen LogP contribution in [0.3, 0.4) is 0 Å². The van der Waals surface area contributed by atoms with Gasteiger partial charge in [-0.1, -0.05) is 65.2 Å². The molecule has 0 saturated heterocycles. The highest BCUT2D eigenvalue weighted by atomic mass is 14.9. The van der Waals surface area contributed by atoms with Crippen molar-refractivity contribution in [2.75, 3.05) is 13.1 Å². The second kappa shape index (κ2) is 13.1. The van der Waals surface area contributed by atoms with E-state index in [0.29, 0.717) is 0 Å². The number of hydrogen-bond donors (Lipinski definition) is 2. The monoisotopic (exact) mass is 350 g/mol. The van der Waals surface area contributed by atoms with E-state index in [1.54, 1.807) is 0 Å². The van der Waals surface area contributed by atoms with Gasteiger partial charge >= 0.3 is 0 Å². The molecule has 0 aliphatic heterocycles. The second-order valence-electron chi connectivity index (χ2n) is 8.85. The Kier molecular flexibility index (Phi) is 11.2. The second-order valence-corrected chi connectivity index (χ2v) is 8.85. The molecule has 0 heterocycles. The lowest BCUT2D eigenvalue weighted by molar-refractivity contribution is 0.234. The molecule has 0 aromatic rings. The average Bonchev–Trinajstić information content (AvgIpc) is 2.66. The summed E-state index contributed by atoms with van der Waals surface area (Å²) in [5, 5.41) is 7.85. The minimum atomic E-state index is 0.812. The topological polar surface area (TPSA) is 24.1 Å². The lowest BCUT2D eigenvalue weighted by atomic mass is 9.81. The van der Waals surface area contributed by atoms with Gasteiger partial charge in [-0.2, -0.15) is 0 Å². The normalized spacial score (nSPS) is 30.5. The SMILES string of the molecule is CCCCC1CCCCC1NCCCNC1CCCCC1CCCC. The number of hydrogen-bond acceptors (Lipinski definition) is 2. The minimum absolute atomic E-state index is 0.812. The van der Waals surface area contributed by atoms with Crippen LogP contribution in [0.25, 0.3) is 0 Å². The van der Waals surface area contributed by atoms with E-state index in [4.69, 9.17) is 0 Å². The first-order chi connectivity index (χ1) is 12.3. The molecular weight excluding hydrogens is 304 g/mol. The number of rotatable bonds is 12. The molecule has 2 aliphatic carbocycles. The van der Waals surface area contributed by atoms with Gasteiger partial charge < -0.3 is 10.6 Å². The van der Waals surface area contributed by atoms with Gasteiger partial charge in [0.15, 0.2) is 0 Å². The van der Waals surface area contributed by atoms with Crippen LogP contribution in [-0.4, -0.2) is 25.2 Å². The molecule has 0 aromatic carbocycles. The molecule has 2 aliphatic rings. The zero-order valence-electron chi connectivity index (χ0n) is 17.3. The Balaban J connectivity index is 1.59. The first-order valence-electron chi connectivity index (χ1n) is 11.8. The highest BCUT2D eigenvalue weighted by Crippen LogP contribution is 2.29. The van der Waals surface area contributed by atoms with E-state index in [-0.39, 0.29) is 0 Å². The maximum Gasteiger partial charge on any atom is 0.00953 e. The van der Waals surface area contributed by atoms with E-state index in [9.17, 15) is 0 Å². The third-order valence-corrected chi connectivity index (χ3v) is 6.84. The van der Waals surface area contributed by atoms with Crippen molar-refractivity contribution in [3.63, 3.8) is 0 Å². The summed E-state index contributed by atoms with van der Waals surface area (Å²) in [6.45, 7) is 7.09. The molecule has 2 nitrogen and oxygen atoms in total. The molecule has 2 rings (SSSR count). The molecule has 2 heteroatoms. The molecule has 2 saturated carbocycles. The standard InChI is InChI=1S/C23H46N2/c1-3-5-12-20-14-7-9-16-22(20)24-18-11-19-25-23-17-10-8-15-21(23)13-6-4-2/h20-25H,3-19H2,1-2H3. The van der Waals surface area contributed by atoms with Crippen molar-refractivity contribution in [2.24, 2.45) is 11.8 Å². The minimum Gasteiger partial charge on any atom is -0.314 e. The van der Waals surface area contributed by atoms with E-state index in [1.165, 1.54) is 109 Å². The van der Waals surface area contributed by atoms with Gasteiger partial charge in [-0.15, -0.1) is 0 Å².